The molecule has 172 valence electrons. The van der Waals surface area contributed by atoms with Crippen LogP contribution in [0.15, 0.2) is 72.9 Å². The number of likely N-dealkylation sites (tertiary alicyclic amines) is 1. The standard InChI is InChI=1S/C28H29N5O/c1-31-16-13-23-20-22(9-12-25(23)31)26-5-4-6-28-29-27(30-33(26)28)19-21-7-10-24(11-8-21)34-18-17-32-14-2-3-15-32/h4-13,16,20H,2-3,14-15,17-19H2,1H3. The van der Waals surface area contributed by atoms with Gasteiger partial charge in [0.2, 0.25) is 0 Å². The quantitative estimate of drug-likeness (QED) is 0.351. The van der Waals surface area contributed by atoms with E-state index in [1.165, 1.54) is 42.4 Å². The van der Waals surface area contributed by atoms with Crippen LogP contribution in [0.2, 0.25) is 0 Å². The van der Waals surface area contributed by atoms with Crippen molar-refractivity contribution in [2.24, 2.45) is 7.05 Å². The van der Waals surface area contributed by atoms with E-state index in [2.05, 4.69) is 77.3 Å². The lowest BCUT2D eigenvalue weighted by atomic mass is 10.1. The highest BCUT2D eigenvalue weighted by atomic mass is 16.5. The molecule has 3 aromatic heterocycles. The molecule has 0 amide bonds. The molecule has 0 unspecified atom stereocenters. The molecule has 0 bridgehead atoms. The molecule has 1 fully saturated rings. The Hall–Kier alpha value is -3.64. The van der Waals surface area contributed by atoms with E-state index in [4.69, 9.17) is 14.8 Å². The monoisotopic (exact) mass is 451 g/mol. The second-order valence-corrected chi connectivity index (χ2v) is 9.13. The van der Waals surface area contributed by atoms with Crippen LogP contribution < -0.4 is 4.74 Å². The van der Waals surface area contributed by atoms with Gasteiger partial charge in [-0.25, -0.2) is 9.50 Å². The number of ether oxygens (including phenoxy) is 1. The summed E-state index contributed by atoms with van der Waals surface area (Å²) in [4.78, 5) is 7.26. The van der Waals surface area contributed by atoms with E-state index < -0.39 is 0 Å². The number of fused-ring (bicyclic) bond motifs is 2. The number of aryl methyl sites for hydroxylation is 1. The molecule has 2 aromatic carbocycles. The van der Waals surface area contributed by atoms with Crippen molar-refractivity contribution >= 4 is 16.6 Å². The average Bonchev–Trinajstić information content (AvgIpc) is 3.60. The highest BCUT2D eigenvalue weighted by Gasteiger charge is 2.12. The Morgan fingerprint density at radius 2 is 1.79 bits per heavy atom. The zero-order valence-corrected chi connectivity index (χ0v) is 19.5. The van der Waals surface area contributed by atoms with E-state index in [0.29, 0.717) is 6.42 Å². The van der Waals surface area contributed by atoms with Crippen molar-refractivity contribution in [3.8, 4) is 17.0 Å². The molecule has 6 nitrogen and oxygen atoms in total. The summed E-state index contributed by atoms with van der Waals surface area (Å²) in [6, 6.07) is 23.2. The second kappa shape index (κ2) is 8.95. The van der Waals surface area contributed by atoms with E-state index in [9.17, 15) is 0 Å². The fourth-order valence-corrected chi connectivity index (χ4v) is 4.87. The van der Waals surface area contributed by atoms with Crippen molar-refractivity contribution in [2.45, 2.75) is 19.3 Å². The van der Waals surface area contributed by atoms with Crippen molar-refractivity contribution in [3.63, 3.8) is 0 Å². The molecular formula is C28H29N5O. The minimum absolute atomic E-state index is 0.687. The van der Waals surface area contributed by atoms with Gasteiger partial charge < -0.3 is 9.30 Å². The first-order valence-electron chi connectivity index (χ1n) is 12.1. The molecular weight excluding hydrogens is 422 g/mol. The summed E-state index contributed by atoms with van der Waals surface area (Å²) in [6.07, 6.45) is 5.41. The van der Waals surface area contributed by atoms with E-state index in [-0.39, 0.29) is 0 Å². The molecule has 0 radical (unpaired) electrons. The van der Waals surface area contributed by atoms with Crippen LogP contribution >= 0.6 is 0 Å². The maximum atomic E-state index is 5.94. The minimum Gasteiger partial charge on any atom is -0.492 e. The van der Waals surface area contributed by atoms with Crippen LogP contribution in [0.4, 0.5) is 0 Å². The van der Waals surface area contributed by atoms with Crippen molar-refractivity contribution in [1.29, 1.82) is 0 Å². The van der Waals surface area contributed by atoms with Crippen molar-refractivity contribution in [1.82, 2.24) is 24.1 Å². The lowest BCUT2D eigenvalue weighted by molar-refractivity contribution is 0.238. The third-order valence-corrected chi connectivity index (χ3v) is 6.75. The number of rotatable bonds is 7. The summed E-state index contributed by atoms with van der Waals surface area (Å²) >= 11 is 0. The van der Waals surface area contributed by atoms with Crippen LogP contribution in [-0.4, -0.2) is 50.3 Å². The number of aromatic nitrogens is 4. The van der Waals surface area contributed by atoms with Gasteiger partial charge in [-0.1, -0.05) is 24.3 Å². The van der Waals surface area contributed by atoms with Gasteiger partial charge in [0.25, 0.3) is 0 Å². The van der Waals surface area contributed by atoms with Crippen LogP contribution in [0, 0.1) is 0 Å². The van der Waals surface area contributed by atoms with Crippen molar-refractivity contribution in [2.75, 3.05) is 26.2 Å². The lowest BCUT2D eigenvalue weighted by Gasteiger charge is -2.14. The van der Waals surface area contributed by atoms with Crippen LogP contribution in [0.25, 0.3) is 27.8 Å². The molecule has 0 N–H and O–H groups in total. The molecule has 4 heterocycles. The highest BCUT2D eigenvalue weighted by molar-refractivity contribution is 5.85. The Labute approximate surface area is 199 Å². The largest absolute Gasteiger partial charge is 0.492 e. The number of pyridine rings is 1. The first-order valence-corrected chi connectivity index (χ1v) is 12.1. The smallest absolute Gasteiger partial charge is 0.156 e. The van der Waals surface area contributed by atoms with Gasteiger partial charge in [0, 0.05) is 42.7 Å². The zero-order chi connectivity index (χ0) is 22.9. The third-order valence-electron chi connectivity index (χ3n) is 6.75. The number of benzene rings is 2. The van der Waals surface area contributed by atoms with Gasteiger partial charge in [0.15, 0.2) is 11.5 Å². The maximum Gasteiger partial charge on any atom is 0.156 e. The van der Waals surface area contributed by atoms with Gasteiger partial charge >= 0.3 is 0 Å². The third kappa shape index (κ3) is 4.17. The lowest BCUT2D eigenvalue weighted by Crippen LogP contribution is -2.25. The molecule has 0 atom stereocenters. The molecule has 34 heavy (non-hydrogen) atoms. The molecule has 0 spiro atoms. The Bertz CT molecular complexity index is 1430. The average molecular weight is 452 g/mol. The Balaban J connectivity index is 1.18. The van der Waals surface area contributed by atoms with E-state index in [0.717, 1.165) is 41.6 Å². The second-order valence-electron chi connectivity index (χ2n) is 9.13. The summed E-state index contributed by atoms with van der Waals surface area (Å²) in [5.41, 5.74) is 5.44. The Morgan fingerprint density at radius 3 is 2.65 bits per heavy atom. The van der Waals surface area contributed by atoms with E-state index in [1.807, 2.05) is 16.6 Å². The van der Waals surface area contributed by atoms with Crippen molar-refractivity contribution < 1.29 is 4.74 Å². The molecule has 5 aromatic rings. The molecule has 0 aliphatic carbocycles. The van der Waals surface area contributed by atoms with Gasteiger partial charge in [-0.2, -0.15) is 5.10 Å². The molecule has 0 saturated carbocycles. The van der Waals surface area contributed by atoms with Gasteiger partial charge in [-0.15, -0.1) is 0 Å². The molecule has 1 saturated heterocycles. The summed E-state index contributed by atoms with van der Waals surface area (Å²) < 4.78 is 10.0. The Kier molecular flexibility index (Phi) is 5.51. The SMILES string of the molecule is Cn1ccc2cc(-c3cccc4nc(Cc5ccc(OCCN6CCCC6)cc5)nn34)ccc21. The van der Waals surface area contributed by atoms with E-state index >= 15 is 0 Å². The molecule has 6 heteroatoms. The predicted octanol–water partition coefficient (Wildman–Crippen LogP) is 4.95. The number of hydrogen-bond donors (Lipinski definition) is 0. The topological polar surface area (TPSA) is 47.6 Å². The number of hydrogen-bond acceptors (Lipinski definition) is 4. The fraction of sp³-hybridized carbons (Fsp3) is 0.286. The summed E-state index contributed by atoms with van der Waals surface area (Å²) in [7, 11) is 2.07. The molecule has 1 aliphatic rings. The first-order chi connectivity index (χ1) is 16.7. The maximum absolute atomic E-state index is 5.94. The van der Waals surface area contributed by atoms with Gasteiger partial charge in [0.1, 0.15) is 12.4 Å². The van der Waals surface area contributed by atoms with Crippen LogP contribution in [-0.2, 0) is 13.5 Å². The Morgan fingerprint density at radius 1 is 0.941 bits per heavy atom. The zero-order valence-electron chi connectivity index (χ0n) is 19.5. The summed E-state index contributed by atoms with van der Waals surface area (Å²) in [5.74, 6) is 1.74. The van der Waals surface area contributed by atoms with Crippen LogP contribution in [0.1, 0.15) is 24.2 Å². The van der Waals surface area contributed by atoms with Crippen LogP contribution in [0.3, 0.4) is 0 Å². The normalized spacial score (nSPS) is 14.4. The fourth-order valence-electron chi connectivity index (χ4n) is 4.87. The molecule has 6 rings (SSSR count). The van der Waals surface area contributed by atoms with Gasteiger partial charge in [-0.05, 0) is 74.0 Å². The summed E-state index contributed by atoms with van der Waals surface area (Å²) in [5, 5.41) is 6.07. The van der Waals surface area contributed by atoms with Gasteiger partial charge in [0.05, 0.1) is 5.69 Å². The van der Waals surface area contributed by atoms with Crippen molar-refractivity contribution in [3.05, 3.63) is 84.3 Å². The highest BCUT2D eigenvalue weighted by Crippen LogP contribution is 2.25. The minimum atomic E-state index is 0.687. The first kappa shape index (κ1) is 20.9. The van der Waals surface area contributed by atoms with Crippen LogP contribution in [0.5, 0.6) is 5.75 Å². The van der Waals surface area contributed by atoms with Gasteiger partial charge in [-0.3, -0.25) is 4.90 Å². The van der Waals surface area contributed by atoms with E-state index in [1.54, 1.807) is 0 Å². The summed E-state index contributed by atoms with van der Waals surface area (Å²) in [6.45, 7) is 4.16. The number of nitrogens with zero attached hydrogens (tertiary/aromatic N) is 5. The predicted molar refractivity (Wildman–Crippen MR) is 135 cm³/mol. The molecule has 1 aliphatic heterocycles.